The molecular weight excluding hydrogens is 392 g/mol. The molecular formula is C21H18N2O3S2. The number of hydrogen-bond donors (Lipinski definition) is 1. The first-order chi connectivity index (χ1) is 13.4. The van der Waals surface area contributed by atoms with Crippen molar-refractivity contribution in [3.8, 4) is 10.8 Å². The van der Waals surface area contributed by atoms with E-state index in [0.717, 1.165) is 21.7 Å². The molecule has 1 N–H and O–H groups in total. The van der Waals surface area contributed by atoms with E-state index in [0.29, 0.717) is 0 Å². The third-order valence-corrected chi connectivity index (χ3v) is 6.76. The van der Waals surface area contributed by atoms with Crippen LogP contribution in [0.5, 0.6) is 0 Å². The van der Waals surface area contributed by atoms with Crippen molar-refractivity contribution in [3.05, 3.63) is 77.2 Å². The minimum absolute atomic E-state index is 0.104. The number of aromatic nitrogens is 1. The first-order valence-electron chi connectivity index (χ1n) is 8.63. The van der Waals surface area contributed by atoms with Crippen molar-refractivity contribution in [2.45, 2.75) is 23.8 Å². The Labute approximate surface area is 167 Å². The molecule has 2 aromatic heterocycles. The van der Waals surface area contributed by atoms with Gasteiger partial charge in [0, 0.05) is 5.69 Å². The van der Waals surface area contributed by atoms with Crippen molar-refractivity contribution in [3.63, 3.8) is 0 Å². The van der Waals surface area contributed by atoms with Crippen LogP contribution in [0.2, 0.25) is 0 Å². The van der Waals surface area contributed by atoms with Gasteiger partial charge in [0.1, 0.15) is 0 Å². The number of aryl methyl sites for hydroxylation is 2. The molecule has 5 nitrogen and oxygen atoms in total. The molecule has 0 amide bonds. The highest BCUT2D eigenvalue weighted by molar-refractivity contribution is 7.91. The maximum Gasteiger partial charge on any atom is 0.240 e. The molecule has 4 aromatic rings. The fraction of sp³-hybridized carbons (Fsp3) is 0.0952. The quantitative estimate of drug-likeness (QED) is 0.464. The Kier molecular flexibility index (Phi) is 4.78. The van der Waals surface area contributed by atoms with Gasteiger partial charge in [0.25, 0.3) is 0 Å². The number of oxazole rings is 1. The Morgan fingerprint density at radius 1 is 0.929 bits per heavy atom. The molecule has 0 bridgehead atoms. The lowest BCUT2D eigenvalue weighted by Gasteiger charge is -2.06. The number of anilines is 2. The Morgan fingerprint density at radius 2 is 1.57 bits per heavy atom. The molecule has 2 aromatic carbocycles. The number of nitrogens with zero attached hydrogens (tertiary/aromatic N) is 1. The van der Waals surface area contributed by atoms with Crippen LogP contribution in [0, 0.1) is 13.8 Å². The summed E-state index contributed by atoms with van der Waals surface area (Å²) in [6.07, 6.45) is 0. The summed E-state index contributed by atoms with van der Waals surface area (Å²) in [6.45, 7) is 3.90. The van der Waals surface area contributed by atoms with Crippen molar-refractivity contribution >= 4 is 32.7 Å². The van der Waals surface area contributed by atoms with Crippen LogP contribution in [0.15, 0.2) is 80.4 Å². The molecule has 0 unspecified atom stereocenters. The molecule has 0 atom stereocenters. The average Bonchev–Trinajstić information content (AvgIpc) is 3.34. The maximum absolute atomic E-state index is 13.2. The largest absolute Gasteiger partial charge is 0.418 e. The number of benzene rings is 2. The molecule has 142 valence electrons. The summed E-state index contributed by atoms with van der Waals surface area (Å²) < 4.78 is 32.3. The molecule has 7 heteroatoms. The zero-order valence-electron chi connectivity index (χ0n) is 15.3. The summed E-state index contributed by atoms with van der Waals surface area (Å²) in [5.74, 6) is 0.378. The highest BCUT2D eigenvalue weighted by Gasteiger charge is 2.29. The van der Waals surface area contributed by atoms with E-state index in [2.05, 4.69) is 10.3 Å². The Hall–Kier alpha value is -2.90. The summed E-state index contributed by atoms with van der Waals surface area (Å²) >= 11 is 1.44. The van der Waals surface area contributed by atoms with E-state index >= 15 is 0 Å². The molecule has 2 heterocycles. The number of sulfone groups is 1. The molecule has 28 heavy (non-hydrogen) atoms. The first kappa shape index (κ1) is 18.5. The summed E-state index contributed by atoms with van der Waals surface area (Å²) in [4.78, 5) is 5.27. The SMILES string of the molecule is Cc1ccc(Nc2oc(-c3cccs3)nc2S(=O)(=O)c2ccc(C)cc2)cc1. The molecule has 0 saturated carbocycles. The fourth-order valence-electron chi connectivity index (χ4n) is 2.67. The number of rotatable bonds is 5. The highest BCUT2D eigenvalue weighted by atomic mass is 32.2. The van der Waals surface area contributed by atoms with E-state index in [1.54, 1.807) is 24.3 Å². The van der Waals surface area contributed by atoms with Crippen LogP contribution in [-0.2, 0) is 9.84 Å². The summed E-state index contributed by atoms with van der Waals surface area (Å²) in [6, 6.07) is 18.0. The third kappa shape index (κ3) is 3.58. The van der Waals surface area contributed by atoms with Gasteiger partial charge in [-0.1, -0.05) is 41.5 Å². The third-order valence-electron chi connectivity index (χ3n) is 4.22. The minimum atomic E-state index is -3.85. The van der Waals surface area contributed by atoms with E-state index in [9.17, 15) is 8.42 Å². The zero-order valence-corrected chi connectivity index (χ0v) is 17.0. The van der Waals surface area contributed by atoms with E-state index in [1.165, 1.54) is 11.3 Å². The lowest BCUT2D eigenvalue weighted by atomic mass is 10.2. The summed E-state index contributed by atoms with van der Waals surface area (Å²) in [5.41, 5.74) is 2.81. The van der Waals surface area contributed by atoms with Gasteiger partial charge < -0.3 is 9.73 Å². The summed E-state index contributed by atoms with van der Waals surface area (Å²) in [5, 5.41) is 4.83. The summed E-state index contributed by atoms with van der Waals surface area (Å²) in [7, 11) is -3.85. The molecule has 0 radical (unpaired) electrons. The van der Waals surface area contributed by atoms with E-state index in [1.807, 2.05) is 55.6 Å². The number of thiophene rings is 1. The van der Waals surface area contributed by atoms with Gasteiger partial charge in [-0.25, -0.2) is 8.42 Å². The average molecular weight is 411 g/mol. The smallest absolute Gasteiger partial charge is 0.240 e. The monoisotopic (exact) mass is 410 g/mol. The van der Waals surface area contributed by atoms with Crippen LogP contribution < -0.4 is 5.32 Å². The standard InChI is InChI=1S/C21H18N2O3S2/c1-14-5-9-16(10-6-14)22-20-21(23-19(26-20)18-4-3-13-27-18)28(24,25)17-11-7-15(2)8-12-17/h3-13,22H,1-2H3. The van der Waals surface area contributed by atoms with Crippen molar-refractivity contribution in [1.29, 1.82) is 0 Å². The van der Waals surface area contributed by atoms with Gasteiger partial charge >= 0.3 is 0 Å². The first-order valence-corrected chi connectivity index (χ1v) is 11.0. The van der Waals surface area contributed by atoms with Crippen molar-refractivity contribution in [2.75, 3.05) is 5.32 Å². The predicted molar refractivity (Wildman–Crippen MR) is 111 cm³/mol. The van der Waals surface area contributed by atoms with E-state index < -0.39 is 9.84 Å². The Balaban J connectivity index is 1.82. The van der Waals surface area contributed by atoms with Crippen molar-refractivity contribution < 1.29 is 12.8 Å². The van der Waals surface area contributed by atoms with Gasteiger partial charge in [-0.15, -0.1) is 11.3 Å². The zero-order chi connectivity index (χ0) is 19.7. The normalized spacial score (nSPS) is 11.5. The van der Waals surface area contributed by atoms with Gasteiger partial charge in [-0.2, -0.15) is 4.98 Å². The molecule has 4 rings (SSSR count). The highest BCUT2D eigenvalue weighted by Crippen LogP contribution is 2.35. The minimum Gasteiger partial charge on any atom is -0.418 e. The maximum atomic E-state index is 13.2. The van der Waals surface area contributed by atoms with E-state index in [-0.39, 0.29) is 21.7 Å². The number of nitrogens with one attached hydrogen (secondary N) is 1. The van der Waals surface area contributed by atoms with Crippen molar-refractivity contribution in [1.82, 2.24) is 4.98 Å². The second-order valence-electron chi connectivity index (χ2n) is 6.44. The van der Waals surface area contributed by atoms with E-state index in [4.69, 9.17) is 4.42 Å². The van der Waals surface area contributed by atoms with Crippen LogP contribution >= 0.6 is 11.3 Å². The Bertz CT molecular complexity index is 1190. The van der Waals surface area contributed by atoms with Crippen LogP contribution in [0.1, 0.15) is 11.1 Å². The molecule has 0 fully saturated rings. The van der Waals surface area contributed by atoms with Crippen LogP contribution in [-0.4, -0.2) is 13.4 Å². The van der Waals surface area contributed by atoms with Crippen LogP contribution in [0.4, 0.5) is 11.6 Å². The molecule has 0 saturated heterocycles. The van der Waals surface area contributed by atoms with Gasteiger partial charge in [0.05, 0.1) is 9.77 Å². The predicted octanol–water partition coefficient (Wildman–Crippen LogP) is 5.60. The van der Waals surface area contributed by atoms with Crippen LogP contribution in [0.25, 0.3) is 10.8 Å². The van der Waals surface area contributed by atoms with Gasteiger partial charge in [0.15, 0.2) is 0 Å². The molecule has 0 aliphatic rings. The van der Waals surface area contributed by atoms with Gasteiger partial charge in [0.2, 0.25) is 26.6 Å². The van der Waals surface area contributed by atoms with Crippen LogP contribution in [0.3, 0.4) is 0 Å². The lowest BCUT2D eigenvalue weighted by Crippen LogP contribution is -2.05. The second kappa shape index (κ2) is 7.26. The molecule has 0 aliphatic heterocycles. The lowest BCUT2D eigenvalue weighted by molar-refractivity contribution is 0.582. The van der Waals surface area contributed by atoms with Gasteiger partial charge in [-0.05, 0) is 49.6 Å². The van der Waals surface area contributed by atoms with Gasteiger partial charge in [-0.3, -0.25) is 0 Å². The fourth-order valence-corrected chi connectivity index (χ4v) is 4.58. The second-order valence-corrected chi connectivity index (χ2v) is 9.25. The Morgan fingerprint density at radius 3 is 2.18 bits per heavy atom. The van der Waals surface area contributed by atoms with Crippen molar-refractivity contribution in [2.24, 2.45) is 0 Å². The molecule has 0 aliphatic carbocycles. The number of hydrogen-bond acceptors (Lipinski definition) is 6. The molecule has 0 spiro atoms. The topological polar surface area (TPSA) is 72.2 Å².